The fourth-order valence-electron chi connectivity index (χ4n) is 3.64. The number of thiocarbonyl (C=S) groups is 1. The largest absolute Gasteiger partial charge is 0.493 e. The van der Waals surface area contributed by atoms with Crippen LogP contribution in [0.3, 0.4) is 0 Å². The van der Waals surface area contributed by atoms with Gasteiger partial charge in [0.2, 0.25) is 5.91 Å². The Balaban J connectivity index is 1.71. The van der Waals surface area contributed by atoms with Crippen molar-refractivity contribution in [3.05, 3.63) is 53.8 Å². The first-order valence-electron chi connectivity index (χ1n) is 10.3. The Labute approximate surface area is 192 Å². The van der Waals surface area contributed by atoms with Crippen molar-refractivity contribution in [3.63, 3.8) is 0 Å². The molecule has 9 heteroatoms. The van der Waals surface area contributed by atoms with Gasteiger partial charge in [0.1, 0.15) is 11.9 Å². The minimum Gasteiger partial charge on any atom is -0.493 e. The van der Waals surface area contributed by atoms with E-state index in [-0.39, 0.29) is 24.1 Å². The summed E-state index contributed by atoms with van der Waals surface area (Å²) in [5.41, 5.74) is 1.45. The Bertz CT molecular complexity index is 999. The van der Waals surface area contributed by atoms with E-state index in [1.165, 1.54) is 29.2 Å². The van der Waals surface area contributed by atoms with Gasteiger partial charge in [-0.15, -0.1) is 0 Å². The number of benzene rings is 2. The van der Waals surface area contributed by atoms with E-state index in [9.17, 15) is 14.0 Å². The molecule has 32 heavy (non-hydrogen) atoms. The van der Waals surface area contributed by atoms with E-state index in [2.05, 4.69) is 5.32 Å². The van der Waals surface area contributed by atoms with Crippen molar-refractivity contribution in [2.45, 2.75) is 25.8 Å². The van der Waals surface area contributed by atoms with Gasteiger partial charge in [-0.25, -0.2) is 4.39 Å². The molecule has 2 amide bonds. The van der Waals surface area contributed by atoms with Gasteiger partial charge in [-0.3, -0.25) is 14.5 Å². The molecule has 1 N–H and O–H groups in total. The predicted octanol–water partition coefficient (Wildman–Crippen LogP) is 3.23. The second-order valence-electron chi connectivity index (χ2n) is 7.27. The Morgan fingerprint density at radius 3 is 2.44 bits per heavy atom. The third-order valence-corrected chi connectivity index (χ3v) is 5.77. The van der Waals surface area contributed by atoms with Crippen LogP contribution in [-0.4, -0.2) is 60.1 Å². The highest BCUT2D eigenvalue weighted by Crippen LogP contribution is 2.28. The molecule has 1 fully saturated rings. The number of nitrogens with one attached hydrogen (secondary N) is 1. The number of halogens is 1. The number of carbonyl (C=O) groups is 2. The van der Waals surface area contributed by atoms with Crippen molar-refractivity contribution in [1.82, 2.24) is 9.80 Å². The molecule has 1 unspecified atom stereocenters. The molecule has 0 spiro atoms. The molecule has 3 rings (SSSR count). The summed E-state index contributed by atoms with van der Waals surface area (Å²) < 4.78 is 23.7. The number of likely N-dealkylation sites (N-methyl/N-ethyl adjacent to an activating group) is 1. The number of amides is 2. The Kier molecular flexibility index (Phi) is 7.63. The second-order valence-corrected chi connectivity index (χ2v) is 7.64. The molecule has 1 atom stereocenters. The molecule has 0 radical (unpaired) electrons. The summed E-state index contributed by atoms with van der Waals surface area (Å²) in [6.07, 6.45) is 0.542. The van der Waals surface area contributed by atoms with Crippen molar-refractivity contribution in [2.75, 3.05) is 32.6 Å². The van der Waals surface area contributed by atoms with Gasteiger partial charge in [-0.1, -0.05) is 6.07 Å². The third kappa shape index (κ3) is 5.16. The molecule has 170 valence electrons. The maximum absolute atomic E-state index is 13.1. The summed E-state index contributed by atoms with van der Waals surface area (Å²) in [6.45, 7) is 2.74. The summed E-state index contributed by atoms with van der Waals surface area (Å²) in [5, 5.41) is 3.12. The Morgan fingerprint density at radius 1 is 1.12 bits per heavy atom. The van der Waals surface area contributed by atoms with Gasteiger partial charge in [-0.05, 0) is 67.5 Å². The fourth-order valence-corrected chi connectivity index (χ4v) is 4.08. The SMILES string of the molecule is CCN1C(=O)C(CC(=O)Nc2ccc(F)cc2)N(CCc2ccc(OC)c(OC)c2)C1=S. The van der Waals surface area contributed by atoms with Crippen LogP contribution in [0, 0.1) is 5.82 Å². The monoisotopic (exact) mass is 459 g/mol. The van der Waals surface area contributed by atoms with Crippen LogP contribution in [0.2, 0.25) is 0 Å². The Hall–Kier alpha value is -3.20. The van der Waals surface area contributed by atoms with Crippen molar-refractivity contribution in [3.8, 4) is 11.5 Å². The first-order valence-corrected chi connectivity index (χ1v) is 10.7. The zero-order valence-electron chi connectivity index (χ0n) is 18.3. The standard InChI is InChI=1S/C23H26FN3O4S/c1-4-26-22(29)18(14-21(28)25-17-8-6-16(24)7-9-17)27(23(26)32)12-11-15-5-10-19(30-2)20(13-15)31-3/h5-10,13,18H,4,11-12,14H2,1-3H3,(H,25,28). The molecule has 2 aromatic rings. The minimum absolute atomic E-state index is 0.0568. The average Bonchev–Trinajstić information content (AvgIpc) is 3.01. The van der Waals surface area contributed by atoms with Crippen LogP contribution in [0.25, 0.3) is 0 Å². The molecule has 1 aliphatic rings. The number of methoxy groups -OCH3 is 2. The number of hydrogen-bond acceptors (Lipinski definition) is 5. The molecular weight excluding hydrogens is 433 g/mol. The van der Waals surface area contributed by atoms with Crippen molar-refractivity contribution >= 4 is 34.8 Å². The summed E-state index contributed by atoms with van der Waals surface area (Å²) in [4.78, 5) is 28.8. The van der Waals surface area contributed by atoms with Crippen LogP contribution in [0.15, 0.2) is 42.5 Å². The zero-order valence-corrected chi connectivity index (χ0v) is 19.1. The number of rotatable bonds is 9. The van der Waals surface area contributed by atoms with Crippen molar-refractivity contribution < 1.29 is 23.5 Å². The summed E-state index contributed by atoms with van der Waals surface area (Å²) in [5.74, 6) is 0.330. The van der Waals surface area contributed by atoms with Crippen LogP contribution in [0.4, 0.5) is 10.1 Å². The zero-order chi connectivity index (χ0) is 23.3. The quantitative estimate of drug-likeness (QED) is 0.581. The highest BCUT2D eigenvalue weighted by atomic mass is 32.1. The molecule has 2 aromatic carbocycles. The highest BCUT2D eigenvalue weighted by molar-refractivity contribution is 7.80. The average molecular weight is 460 g/mol. The number of ether oxygens (including phenoxy) is 2. The van der Waals surface area contributed by atoms with Gasteiger partial charge in [0.25, 0.3) is 5.91 Å². The molecule has 1 aliphatic heterocycles. The van der Waals surface area contributed by atoms with Crippen LogP contribution in [-0.2, 0) is 16.0 Å². The van der Waals surface area contributed by atoms with Crippen LogP contribution in [0.1, 0.15) is 18.9 Å². The van der Waals surface area contributed by atoms with Gasteiger partial charge in [0, 0.05) is 18.8 Å². The normalized spacial score (nSPS) is 15.8. The van der Waals surface area contributed by atoms with Gasteiger partial charge >= 0.3 is 0 Å². The first-order chi connectivity index (χ1) is 15.4. The summed E-state index contributed by atoms with van der Waals surface area (Å²) in [6, 6.07) is 10.4. The molecule has 0 bridgehead atoms. The lowest BCUT2D eigenvalue weighted by molar-refractivity contribution is -0.130. The molecule has 7 nitrogen and oxygen atoms in total. The number of nitrogens with zero attached hydrogens (tertiary/aromatic N) is 2. The van der Waals surface area contributed by atoms with E-state index in [0.29, 0.717) is 41.8 Å². The van der Waals surface area contributed by atoms with E-state index >= 15 is 0 Å². The molecule has 1 heterocycles. The summed E-state index contributed by atoms with van der Waals surface area (Å²) in [7, 11) is 3.15. The summed E-state index contributed by atoms with van der Waals surface area (Å²) >= 11 is 5.53. The van der Waals surface area contributed by atoms with E-state index in [0.717, 1.165) is 5.56 Å². The van der Waals surface area contributed by atoms with E-state index in [4.69, 9.17) is 21.7 Å². The molecule has 0 saturated carbocycles. The minimum atomic E-state index is -0.692. The van der Waals surface area contributed by atoms with Crippen LogP contribution >= 0.6 is 12.2 Å². The maximum atomic E-state index is 13.1. The maximum Gasteiger partial charge on any atom is 0.252 e. The third-order valence-electron chi connectivity index (χ3n) is 5.32. The number of anilines is 1. The molecule has 1 saturated heterocycles. The number of hydrogen-bond donors (Lipinski definition) is 1. The van der Waals surface area contributed by atoms with E-state index in [1.807, 2.05) is 25.1 Å². The lowest BCUT2D eigenvalue weighted by atomic mass is 10.1. The van der Waals surface area contributed by atoms with E-state index in [1.54, 1.807) is 19.1 Å². The molecular formula is C23H26FN3O4S. The highest BCUT2D eigenvalue weighted by Gasteiger charge is 2.42. The van der Waals surface area contributed by atoms with E-state index < -0.39 is 6.04 Å². The second kappa shape index (κ2) is 10.4. The fraction of sp³-hybridized carbons (Fsp3) is 0.348. The Morgan fingerprint density at radius 2 is 1.81 bits per heavy atom. The lowest BCUT2D eigenvalue weighted by Crippen LogP contribution is -2.39. The molecule has 0 aliphatic carbocycles. The topological polar surface area (TPSA) is 71.1 Å². The molecule has 0 aromatic heterocycles. The lowest BCUT2D eigenvalue weighted by Gasteiger charge is -2.24. The van der Waals surface area contributed by atoms with Crippen molar-refractivity contribution in [1.29, 1.82) is 0 Å². The predicted molar refractivity (Wildman–Crippen MR) is 123 cm³/mol. The first kappa shape index (κ1) is 23.5. The van der Waals surface area contributed by atoms with Gasteiger partial charge in [0.05, 0.1) is 20.6 Å². The van der Waals surface area contributed by atoms with Gasteiger partial charge < -0.3 is 19.7 Å². The van der Waals surface area contributed by atoms with Crippen molar-refractivity contribution in [2.24, 2.45) is 0 Å². The van der Waals surface area contributed by atoms with Crippen LogP contribution < -0.4 is 14.8 Å². The van der Waals surface area contributed by atoms with Gasteiger partial charge in [-0.2, -0.15) is 0 Å². The van der Waals surface area contributed by atoms with Crippen LogP contribution in [0.5, 0.6) is 11.5 Å². The number of carbonyl (C=O) groups excluding carboxylic acids is 2. The van der Waals surface area contributed by atoms with Gasteiger partial charge in [0.15, 0.2) is 16.6 Å². The smallest absolute Gasteiger partial charge is 0.252 e.